The molecule has 25 heavy (non-hydrogen) atoms. The maximum atomic E-state index is 12.6. The Labute approximate surface area is 149 Å². The number of ether oxygens (including phenoxy) is 1. The highest BCUT2D eigenvalue weighted by Gasteiger charge is 2.30. The van der Waals surface area contributed by atoms with Crippen LogP contribution in [0.2, 0.25) is 0 Å². The number of piperazine rings is 1. The van der Waals surface area contributed by atoms with Crippen molar-refractivity contribution < 1.29 is 9.53 Å². The molecule has 0 spiro atoms. The van der Waals surface area contributed by atoms with E-state index in [-0.39, 0.29) is 12.1 Å². The number of hydrogen-bond donors (Lipinski definition) is 1. The Balaban J connectivity index is 1.66. The van der Waals surface area contributed by atoms with Gasteiger partial charge in [-0.05, 0) is 18.7 Å². The lowest BCUT2D eigenvalue weighted by molar-refractivity contribution is 0.108. The number of hydrogen-bond acceptors (Lipinski definition) is 3. The zero-order valence-electron chi connectivity index (χ0n) is 14.8. The standard InChI is InChI=1S/C20H25N3O2/c1-22-12-13-23(20(24)21-14-16-8-4-3-5-9-16)15-18(22)17-10-6-7-11-19(17)25-2/h3-11,18H,12-15H2,1-2H3,(H,21,24). The van der Waals surface area contributed by atoms with E-state index < -0.39 is 0 Å². The SMILES string of the molecule is COc1ccccc1C1CN(C(=O)NCc2ccccc2)CCN1C. The number of likely N-dealkylation sites (N-methyl/N-ethyl adjacent to an activating group) is 1. The van der Waals surface area contributed by atoms with Gasteiger partial charge in [0.15, 0.2) is 0 Å². The summed E-state index contributed by atoms with van der Waals surface area (Å²) in [7, 11) is 3.78. The van der Waals surface area contributed by atoms with Gasteiger partial charge in [0.25, 0.3) is 0 Å². The van der Waals surface area contributed by atoms with E-state index in [9.17, 15) is 4.79 Å². The number of methoxy groups -OCH3 is 1. The topological polar surface area (TPSA) is 44.8 Å². The monoisotopic (exact) mass is 339 g/mol. The van der Waals surface area contributed by atoms with E-state index in [0.29, 0.717) is 13.1 Å². The van der Waals surface area contributed by atoms with Crippen molar-refractivity contribution in [3.8, 4) is 5.75 Å². The Hall–Kier alpha value is -2.53. The zero-order chi connectivity index (χ0) is 17.6. The third-order valence-corrected chi connectivity index (χ3v) is 4.72. The van der Waals surface area contributed by atoms with Crippen LogP contribution in [0.5, 0.6) is 5.75 Å². The Bertz CT molecular complexity index is 705. The lowest BCUT2D eigenvalue weighted by atomic mass is 10.0. The van der Waals surface area contributed by atoms with E-state index in [1.165, 1.54) is 0 Å². The highest BCUT2D eigenvalue weighted by Crippen LogP contribution is 2.31. The maximum absolute atomic E-state index is 12.6. The van der Waals surface area contributed by atoms with Gasteiger partial charge in [0.2, 0.25) is 0 Å². The summed E-state index contributed by atoms with van der Waals surface area (Å²) < 4.78 is 5.50. The first-order valence-electron chi connectivity index (χ1n) is 8.59. The van der Waals surface area contributed by atoms with Crippen molar-refractivity contribution in [2.24, 2.45) is 0 Å². The fourth-order valence-electron chi connectivity index (χ4n) is 3.22. The smallest absolute Gasteiger partial charge is 0.317 e. The van der Waals surface area contributed by atoms with Crippen molar-refractivity contribution in [3.63, 3.8) is 0 Å². The number of nitrogens with one attached hydrogen (secondary N) is 1. The first-order valence-corrected chi connectivity index (χ1v) is 8.59. The van der Waals surface area contributed by atoms with Crippen LogP contribution in [-0.4, -0.2) is 49.6 Å². The molecule has 132 valence electrons. The third-order valence-electron chi connectivity index (χ3n) is 4.72. The molecule has 2 aromatic carbocycles. The molecular weight excluding hydrogens is 314 g/mol. The minimum atomic E-state index is -0.0168. The first-order chi connectivity index (χ1) is 12.2. The molecule has 0 aromatic heterocycles. The fraction of sp³-hybridized carbons (Fsp3) is 0.350. The predicted octanol–water partition coefficient (Wildman–Crippen LogP) is 2.89. The van der Waals surface area contributed by atoms with Crippen LogP contribution in [0.1, 0.15) is 17.2 Å². The normalized spacial score (nSPS) is 18.0. The zero-order valence-corrected chi connectivity index (χ0v) is 14.8. The van der Waals surface area contributed by atoms with Crippen molar-refractivity contribution in [2.75, 3.05) is 33.8 Å². The quantitative estimate of drug-likeness (QED) is 0.932. The van der Waals surface area contributed by atoms with Crippen LogP contribution >= 0.6 is 0 Å². The molecule has 5 heteroatoms. The van der Waals surface area contributed by atoms with Crippen molar-refractivity contribution in [2.45, 2.75) is 12.6 Å². The molecular formula is C20H25N3O2. The molecule has 0 saturated carbocycles. The van der Waals surface area contributed by atoms with Crippen LogP contribution in [0.15, 0.2) is 54.6 Å². The van der Waals surface area contributed by atoms with Crippen LogP contribution in [0.25, 0.3) is 0 Å². The van der Waals surface area contributed by atoms with Gasteiger partial charge < -0.3 is 15.0 Å². The molecule has 1 unspecified atom stereocenters. The molecule has 1 atom stereocenters. The number of nitrogens with zero attached hydrogens (tertiary/aromatic N) is 2. The molecule has 1 N–H and O–H groups in total. The number of rotatable bonds is 4. The van der Waals surface area contributed by atoms with Gasteiger partial charge in [-0.3, -0.25) is 4.90 Å². The average Bonchev–Trinajstić information content (AvgIpc) is 2.67. The minimum Gasteiger partial charge on any atom is -0.496 e. The van der Waals surface area contributed by atoms with Crippen LogP contribution in [-0.2, 0) is 6.54 Å². The number of carbonyl (C=O) groups is 1. The molecule has 1 aliphatic rings. The summed E-state index contributed by atoms with van der Waals surface area (Å²) in [6, 6.07) is 18.1. The second kappa shape index (κ2) is 8.03. The number of carbonyl (C=O) groups excluding carboxylic acids is 1. The highest BCUT2D eigenvalue weighted by atomic mass is 16.5. The molecule has 1 fully saturated rings. The van der Waals surface area contributed by atoms with Gasteiger partial charge in [-0.1, -0.05) is 48.5 Å². The molecule has 0 aliphatic carbocycles. The second-order valence-electron chi connectivity index (χ2n) is 6.33. The summed E-state index contributed by atoms with van der Waals surface area (Å²) in [5.41, 5.74) is 2.22. The van der Waals surface area contributed by atoms with E-state index in [4.69, 9.17) is 4.74 Å². The lowest BCUT2D eigenvalue weighted by Gasteiger charge is -2.40. The summed E-state index contributed by atoms with van der Waals surface area (Å²) >= 11 is 0. The maximum Gasteiger partial charge on any atom is 0.317 e. The van der Waals surface area contributed by atoms with Gasteiger partial charge in [0.1, 0.15) is 5.75 Å². The Morgan fingerprint density at radius 3 is 2.60 bits per heavy atom. The number of benzene rings is 2. The molecule has 1 aliphatic heterocycles. The molecule has 1 heterocycles. The van der Waals surface area contributed by atoms with E-state index in [0.717, 1.165) is 30.0 Å². The third kappa shape index (κ3) is 4.12. The Morgan fingerprint density at radius 1 is 1.12 bits per heavy atom. The molecule has 2 amide bonds. The molecule has 5 nitrogen and oxygen atoms in total. The van der Waals surface area contributed by atoms with Gasteiger partial charge >= 0.3 is 6.03 Å². The number of para-hydroxylation sites is 1. The van der Waals surface area contributed by atoms with E-state index in [1.54, 1.807) is 7.11 Å². The van der Waals surface area contributed by atoms with E-state index >= 15 is 0 Å². The van der Waals surface area contributed by atoms with Crippen LogP contribution in [0.4, 0.5) is 4.79 Å². The molecule has 1 saturated heterocycles. The summed E-state index contributed by atoms with van der Waals surface area (Å²) in [6.45, 7) is 2.76. The Morgan fingerprint density at radius 2 is 1.84 bits per heavy atom. The van der Waals surface area contributed by atoms with Crippen molar-refractivity contribution in [1.29, 1.82) is 0 Å². The fourth-order valence-corrected chi connectivity index (χ4v) is 3.22. The summed E-state index contributed by atoms with van der Waals surface area (Å²) in [5.74, 6) is 0.867. The van der Waals surface area contributed by atoms with Gasteiger partial charge in [-0.15, -0.1) is 0 Å². The average molecular weight is 339 g/mol. The van der Waals surface area contributed by atoms with Crippen LogP contribution in [0, 0.1) is 0 Å². The second-order valence-corrected chi connectivity index (χ2v) is 6.33. The minimum absolute atomic E-state index is 0.0168. The van der Waals surface area contributed by atoms with Crippen molar-refractivity contribution in [1.82, 2.24) is 15.1 Å². The largest absolute Gasteiger partial charge is 0.496 e. The highest BCUT2D eigenvalue weighted by molar-refractivity contribution is 5.74. The number of urea groups is 1. The van der Waals surface area contributed by atoms with E-state index in [1.807, 2.05) is 53.4 Å². The molecule has 2 aromatic rings. The van der Waals surface area contributed by atoms with Gasteiger partial charge in [-0.25, -0.2) is 4.79 Å². The first kappa shape index (κ1) is 17.3. The van der Waals surface area contributed by atoms with Gasteiger partial charge in [0, 0.05) is 31.7 Å². The summed E-state index contributed by atoms with van der Waals surface area (Å²) in [6.07, 6.45) is 0. The van der Waals surface area contributed by atoms with E-state index in [2.05, 4.69) is 23.3 Å². The lowest BCUT2D eigenvalue weighted by Crippen LogP contribution is -2.51. The van der Waals surface area contributed by atoms with Crippen LogP contribution in [0.3, 0.4) is 0 Å². The van der Waals surface area contributed by atoms with Gasteiger partial charge in [0.05, 0.1) is 13.2 Å². The van der Waals surface area contributed by atoms with Crippen LogP contribution < -0.4 is 10.1 Å². The Kier molecular flexibility index (Phi) is 5.56. The predicted molar refractivity (Wildman–Crippen MR) is 98.6 cm³/mol. The summed E-state index contributed by atoms with van der Waals surface area (Å²) in [4.78, 5) is 16.7. The van der Waals surface area contributed by atoms with Crippen molar-refractivity contribution in [3.05, 3.63) is 65.7 Å². The van der Waals surface area contributed by atoms with Gasteiger partial charge in [-0.2, -0.15) is 0 Å². The summed E-state index contributed by atoms with van der Waals surface area (Å²) in [5, 5.41) is 3.02. The van der Waals surface area contributed by atoms with Crippen molar-refractivity contribution >= 4 is 6.03 Å². The molecule has 0 bridgehead atoms. The number of amides is 2. The molecule has 3 rings (SSSR count). The molecule has 0 radical (unpaired) electrons.